The Morgan fingerprint density at radius 1 is 1.17 bits per heavy atom. The van der Waals surface area contributed by atoms with Crippen LogP contribution in [0.1, 0.15) is 47.3 Å². The number of rotatable bonds is 5. The van der Waals surface area contributed by atoms with E-state index in [1.165, 1.54) is 12.8 Å². The molecule has 9 heteroatoms. The van der Waals surface area contributed by atoms with E-state index in [1.54, 1.807) is 20.4 Å². The number of fused-ring (bicyclic) bond motifs is 5. The van der Waals surface area contributed by atoms with Crippen LogP contribution in [0.15, 0.2) is 24.5 Å². The second-order valence-corrected chi connectivity index (χ2v) is 7.54. The number of esters is 1. The van der Waals surface area contributed by atoms with Crippen LogP contribution in [0.3, 0.4) is 0 Å². The van der Waals surface area contributed by atoms with Gasteiger partial charge in [-0.25, -0.2) is 14.5 Å². The molecule has 156 valence electrons. The van der Waals surface area contributed by atoms with Crippen LogP contribution >= 0.6 is 0 Å². The average Bonchev–Trinajstić information content (AvgIpc) is 3.48. The van der Waals surface area contributed by atoms with Crippen LogP contribution in [-0.2, 0) is 17.7 Å². The van der Waals surface area contributed by atoms with Crippen molar-refractivity contribution in [2.24, 2.45) is 0 Å². The van der Waals surface area contributed by atoms with E-state index in [0.717, 1.165) is 53.8 Å². The number of benzene rings is 1. The van der Waals surface area contributed by atoms with Crippen LogP contribution in [0.4, 0.5) is 0 Å². The molecule has 2 aliphatic heterocycles. The molecular formula is C21H24N6O3. The van der Waals surface area contributed by atoms with Crippen molar-refractivity contribution in [3.8, 4) is 17.1 Å². The normalized spacial score (nSPS) is 15.3. The summed E-state index contributed by atoms with van der Waals surface area (Å²) in [5.41, 5.74) is 4.71. The van der Waals surface area contributed by atoms with Crippen molar-refractivity contribution in [2.75, 3.05) is 26.8 Å². The predicted octanol–water partition coefficient (Wildman–Crippen LogP) is 2.14. The van der Waals surface area contributed by atoms with Crippen LogP contribution in [0.5, 0.6) is 5.75 Å². The van der Waals surface area contributed by atoms with E-state index in [1.807, 2.05) is 27.4 Å². The summed E-state index contributed by atoms with van der Waals surface area (Å²) in [6.45, 7) is 4.99. The third-order valence-electron chi connectivity index (χ3n) is 5.76. The summed E-state index contributed by atoms with van der Waals surface area (Å²) >= 11 is 0. The van der Waals surface area contributed by atoms with Gasteiger partial charge in [0.05, 0.1) is 36.5 Å². The molecule has 1 aromatic carbocycles. The molecule has 0 spiro atoms. The van der Waals surface area contributed by atoms with Gasteiger partial charge in [0, 0.05) is 19.0 Å². The van der Waals surface area contributed by atoms with E-state index in [2.05, 4.69) is 20.2 Å². The van der Waals surface area contributed by atoms with E-state index in [0.29, 0.717) is 18.7 Å². The highest BCUT2D eigenvalue weighted by Gasteiger charge is 2.29. The summed E-state index contributed by atoms with van der Waals surface area (Å²) in [5.74, 6) is 0.314. The number of hydrogen-bond acceptors (Lipinski definition) is 7. The van der Waals surface area contributed by atoms with Crippen molar-refractivity contribution in [1.29, 1.82) is 0 Å². The van der Waals surface area contributed by atoms with Gasteiger partial charge in [0.1, 0.15) is 17.8 Å². The molecule has 9 nitrogen and oxygen atoms in total. The number of methoxy groups -OCH3 is 1. The van der Waals surface area contributed by atoms with Crippen LogP contribution < -0.4 is 4.74 Å². The van der Waals surface area contributed by atoms with Crippen molar-refractivity contribution in [2.45, 2.75) is 32.7 Å². The lowest BCUT2D eigenvalue weighted by Crippen LogP contribution is -2.20. The number of aromatic nitrogens is 5. The monoisotopic (exact) mass is 408 g/mol. The Morgan fingerprint density at radius 3 is 2.77 bits per heavy atom. The number of ether oxygens (including phenoxy) is 2. The molecule has 0 N–H and O–H groups in total. The van der Waals surface area contributed by atoms with E-state index in [9.17, 15) is 4.79 Å². The van der Waals surface area contributed by atoms with Gasteiger partial charge in [-0.2, -0.15) is 0 Å². The molecule has 0 unspecified atom stereocenters. The van der Waals surface area contributed by atoms with E-state index in [-0.39, 0.29) is 0 Å². The van der Waals surface area contributed by atoms with Crippen molar-refractivity contribution >= 4 is 5.97 Å². The van der Waals surface area contributed by atoms with Gasteiger partial charge in [-0.15, -0.1) is 5.10 Å². The minimum atomic E-state index is -0.414. The molecule has 3 aromatic rings. The minimum Gasteiger partial charge on any atom is -0.497 e. The second-order valence-electron chi connectivity index (χ2n) is 7.54. The maximum absolute atomic E-state index is 12.6. The topological polar surface area (TPSA) is 87.3 Å². The summed E-state index contributed by atoms with van der Waals surface area (Å²) in [5, 5.41) is 8.99. The van der Waals surface area contributed by atoms with Crippen molar-refractivity contribution < 1.29 is 14.3 Å². The van der Waals surface area contributed by atoms with Gasteiger partial charge in [-0.1, -0.05) is 5.21 Å². The van der Waals surface area contributed by atoms with Crippen molar-refractivity contribution in [3.63, 3.8) is 0 Å². The fraction of sp³-hybridized carbons (Fsp3) is 0.429. The zero-order valence-electron chi connectivity index (χ0n) is 17.2. The summed E-state index contributed by atoms with van der Waals surface area (Å²) in [7, 11) is 1.64. The third-order valence-corrected chi connectivity index (χ3v) is 5.76. The third kappa shape index (κ3) is 3.06. The van der Waals surface area contributed by atoms with Gasteiger partial charge in [0.25, 0.3) is 0 Å². The zero-order chi connectivity index (χ0) is 20.7. The Hall–Kier alpha value is -3.20. The van der Waals surface area contributed by atoms with Gasteiger partial charge in [-0.3, -0.25) is 9.47 Å². The highest BCUT2D eigenvalue weighted by Crippen LogP contribution is 2.33. The van der Waals surface area contributed by atoms with Crippen LogP contribution in [0, 0.1) is 0 Å². The molecule has 0 atom stereocenters. The van der Waals surface area contributed by atoms with Crippen LogP contribution in [0.25, 0.3) is 11.4 Å². The SMILES string of the molecule is CCOC(=O)c1ncn2c1Cc1c(CN3CCCC3)nnn1-c1cc(OC)ccc1-2. The van der Waals surface area contributed by atoms with Crippen LogP contribution in [-0.4, -0.2) is 62.2 Å². The molecule has 2 aliphatic rings. The molecule has 5 rings (SSSR count). The fourth-order valence-electron chi connectivity index (χ4n) is 4.26. The Kier molecular flexibility index (Phi) is 4.74. The van der Waals surface area contributed by atoms with Crippen molar-refractivity contribution in [3.05, 3.63) is 47.3 Å². The Bertz CT molecular complexity index is 1100. The Labute approximate surface area is 174 Å². The van der Waals surface area contributed by atoms with Crippen LogP contribution in [0.2, 0.25) is 0 Å². The first-order valence-electron chi connectivity index (χ1n) is 10.3. The second kappa shape index (κ2) is 7.56. The first-order valence-corrected chi connectivity index (χ1v) is 10.3. The molecule has 0 aliphatic carbocycles. The lowest BCUT2D eigenvalue weighted by Gasteiger charge is -2.13. The molecule has 0 saturated carbocycles. The Morgan fingerprint density at radius 2 is 2.00 bits per heavy atom. The molecule has 1 fully saturated rings. The number of carbonyl (C=O) groups excluding carboxylic acids is 1. The van der Waals surface area contributed by atoms with Gasteiger partial charge in [-0.05, 0) is 45.0 Å². The summed E-state index contributed by atoms with van der Waals surface area (Å²) < 4.78 is 14.5. The molecule has 0 amide bonds. The fourth-order valence-corrected chi connectivity index (χ4v) is 4.26. The number of likely N-dealkylation sites (tertiary alicyclic amines) is 1. The minimum absolute atomic E-state index is 0.304. The molecule has 1 saturated heterocycles. The molecule has 2 aromatic heterocycles. The largest absolute Gasteiger partial charge is 0.497 e. The number of nitrogens with zero attached hydrogens (tertiary/aromatic N) is 6. The van der Waals surface area contributed by atoms with E-state index < -0.39 is 5.97 Å². The van der Waals surface area contributed by atoms with E-state index >= 15 is 0 Å². The van der Waals surface area contributed by atoms with Crippen molar-refractivity contribution in [1.82, 2.24) is 29.4 Å². The lowest BCUT2D eigenvalue weighted by atomic mass is 10.1. The molecule has 30 heavy (non-hydrogen) atoms. The van der Waals surface area contributed by atoms with Gasteiger partial charge >= 0.3 is 5.97 Å². The Balaban J connectivity index is 1.67. The lowest BCUT2D eigenvalue weighted by molar-refractivity contribution is 0.0519. The molecular weight excluding hydrogens is 384 g/mol. The first-order chi connectivity index (χ1) is 14.7. The summed E-state index contributed by atoms with van der Waals surface area (Å²) in [6, 6.07) is 5.78. The number of imidazole rings is 1. The van der Waals surface area contributed by atoms with Gasteiger partial charge < -0.3 is 9.47 Å². The first kappa shape index (κ1) is 18.8. The quantitative estimate of drug-likeness (QED) is 0.468. The summed E-state index contributed by atoms with van der Waals surface area (Å²) in [4.78, 5) is 19.3. The maximum atomic E-state index is 12.6. The smallest absolute Gasteiger partial charge is 0.358 e. The highest BCUT2D eigenvalue weighted by molar-refractivity contribution is 5.89. The summed E-state index contributed by atoms with van der Waals surface area (Å²) in [6.07, 6.45) is 4.58. The average molecular weight is 408 g/mol. The zero-order valence-corrected chi connectivity index (χ0v) is 17.2. The number of carbonyl (C=O) groups is 1. The standard InChI is InChI=1S/C21H24N6O3/c1-3-30-21(28)20-19-11-17-15(12-25-8-4-5-9-25)23-24-27(17)18-10-14(29-2)6-7-16(18)26(19)13-22-20/h6-7,10,13H,3-5,8-9,11-12H2,1-2H3. The predicted molar refractivity (Wildman–Crippen MR) is 108 cm³/mol. The van der Waals surface area contributed by atoms with Gasteiger partial charge in [0.2, 0.25) is 0 Å². The van der Waals surface area contributed by atoms with Gasteiger partial charge in [0.15, 0.2) is 5.69 Å². The molecule has 0 radical (unpaired) electrons. The highest BCUT2D eigenvalue weighted by atomic mass is 16.5. The number of hydrogen-bond donors (Lipinski definition) is 0. The maximum Gasteiger partial charge on any atom is 0.358 e. The molecule has 4 heterocycles. The molecule has 0 bridgehead atoms. The van der Waals surface area contributed by atoms with E-state index in [4.69, 9.17) is 9.47 Å².